The molecule has 0 aliphatic carbocycles. The van der Waals surface area contributed by atoms with Gasteiger partial charge in [-0.2, -0.15) is 0 Å². The molecular formula is C24H23NO4. The fraction of sp³-hybridized carbons (Fsp3) is 0.208. The highest BCUT2D eigenvalue weighted by molar-refractivity contribution is 5.90. The lowest BCUT2D eigenvalue weighted by atomic mass is 9.84. The number of piperidine rings is 1. The van der Waals surface area contributed by atoms with Crippen molar-refractivity contribution in [2.75, 3.05) is 13.1 Å². The molecule has 3 aromatic rings. The van der Waals surface area contributed by atoms with E-state index in [-0.39, 0.29) is 11.7 Å². The zero-order valence-electron chi connectivity index (χ0n) is 16.0. The molecule has 2 N–H and O–H groups in total. The number of benzene rings is 3. The van der Waals surface area contributed by atoms with Gasteiger partial charge in [-0.15, -0.1) is 0 Å². The Bertz CT molecular complexity index is 964. The minimum atomic E-state index is -0.611. The molecule has 1 heterocycles. The highest BCUT2D eigenvalue weighted by Gasteiger charge is 2.38. The van der Waals surface area contributed by atoms with E-state index in [0.717, 1.165) is 31.5 Å². The van der Waals surface area contributed by atoms with E-state index in [0.29, 0.717) is 17.1 Å². The Morgan fingerprint density at radius 3 is 2.28 bits per heavy atom. The summed E-state index contributed by atoms with van der Waals surface area (Å²) in [6.45, 7) is 1.61. The SMILES string of the molecule is O=C(OC1(c2ccccc2)CCNCC1)c1ccc(Oc2cccc(O)c2)cc1. The number of aromatic hydroxyl groups is 1. The van der Waals surface area contributed by atoms with Crippen molar-refractivity contribution < 1.29 is 19.4 Å². The van der Waals surface area contributed by atoms with Gasteiger partial charge >= 0.3 is 5.97 Å². The van der Waals surface area contributed by atoms with Gasteiger partial charge in [0.25, 0.3) is 0 Å². The normalized spacial score (nSPS) is 15.4. The number of phenolic OH excluding ortho intramolecular Hbond substituents is 1. The van der Waals surface area contributed by atoms with E-state index in [1.54, 1.807) is 42.5 Å². The molecule has 0 bridgehead atoms. The largest absolute Gasteiger partial charge is 0.508 e. The maximum absolute atomic E-state index is 12.9. The van der Waals surface area contributed by atoms with Crippen LogP contribution in [0, 0.1) is 0 Å². The summed E-state index contributed by atoms with van der Waals surface area (Å²) in [6, 6.07) is 23.3. The predicted octanol–water partition coefficient (Wildman–Crippen LogP) is 4.62. The number of ether oxygens (including phenoxy) is 2. The van der Waals surface area contributed by atoms with Crippen molar-refractivity contribution >= 4 is 5.97 Å². The molecule has 29 heavy (non-hydrogen) atoms. The lowest BCUT2D eigenvalue weighted by Crippen LogP contribution is -2.43. The molecule has 1 aliphatic rings. The van der Waals surface area contributed by atoms with Gasteiger partial charge in [0.1, 0.15) is 22.8 Å². The zero-order chi connectivity index (χ0) is 20.1. The number of phenols is 1. The highest BCUT2D eigenvalue weighted by atomic mass is 16.6. The molecule has 148 valence electrons. The first-order chi connectivity index (χ1) is 14.1. The van der Waals surface area contributed by atoms with Crippen LogP contribution in [-0.2, 0) is 10.3 Å². The van der Waals surface area contributed by atoms with Crippen LogP contribution in [0.2, 0.25) is 0 Å². The van der Waals surface area contributed by atoms with Crippen LogP contribution in [0.4, 0.5) is 0 Å². The third-order valence-electron chi connectivity index (χ3n) is 5.14. The molecule has 3 aromatic carbocycles. The number of carbonyl (C=O) groups excluding carboxylic acids is 1. The molecule has 1 saturated heterocycles. The fourth-order valence-corrected chi connectivity index (χ4v) is 3.60. The van der Waals surface area contributed by atoms with Crippen molar-refractivity contribution in [3.63, 3.8) is 0 Å². The highest BCUT2D eigenvalue weighted by Crippen LogP contribution is 2.36. The van der Waals surface area contributed by atoms with Gasteiger partial charge in [-0.05, 0) is 55.1 Å². The molecule has 4 rings (SSSR count). The average Bonchev–Trinajstić information content (AvgIpc) is 2.75. The Hall–Kier alpha value is -3.31. The minimum absolute atomic E-state index is 0.135. The summed E-state index contributed by atoms with van der Waals surface area (Å²) in [7, 11) is 0. The van der Waals surface area contributed by atoms with Gasteiger partial charge < -0.3 is 19.9 Å². The molecule has 0 amide bonds. The van der Waals surface area contributed by atoms with E-state index in [1.807, 2.05) is 30.3 Å². The van der Waals surface area contributed by atoms with Gasteiger partial charge in [-0.3, -0.25) is 0 Å². The molecule has 0 spiro atoms. The Balaban J connectivity index is 1.50. The predicted molar refractivity (Wildman–Crippen MR) is 110 cm³/mol. The summed E-state index contributed by atoms with van der Waals surface area (Å²) in [5, 5.41) is 12.9. The maximum atomic E-state index is 12.9. The van der Waals surface area contributed by atoms with Gasteiger partial charge in [0.15, 0.2) is 0 Å². The molecule has 0 unspecified atom stereocenters. The van der Waals surface area contributed by atoms with Crippen molar-refractivity contribution in [2.45, 2.75) is 18.4 Å². The summed E-state index contributed by atoms with van der Waals surface area (Å²) < 4.78 is 11.8. The summed E-state index contributed by atoms with van der Waals surface area (Å²) >= 11 is 0. The monoisotopic (exact) mass is 389 g/mol. The summed E-state index contributed by atoms with van der Waals surface area (Å²) in [6.07, 6.45) is 1.48. The second-order valence-corrected chi connectivity index (χ2v) is 7.12. The summed E-state index contributed by atoms with van der Waals surface area (Å²) in [5.74, 6) is 0.889. The molecule has 0 saturated carbocycles. The average molecular weight is 389 g/mol. The molecule has 0 aromatic heterocycles. The van der Waals surface area contributed by atoms with Crippen LogP contribution in [0.3, 0.4) is 0 Å². The number of esters is 1. The molecule has 1 aliphatic heterocycles. The first kappa shape index (κ1) is 19.0. The first-order valence-corrected chi connectivity index (χ1v) is 9.71. The van der Waals surface area contributed by atoms with Gasteiger partial charge in [-0.25, -0.2) is 4.79 Å². The quantitative estimate of drug-likeness (QED) is 0.623. The van der Waals surface area contributed by atoms with Crippen molar-refractivity contribution in [3.8, 4) is 17.2 Å². The van der Waals surface area contributed by atoms with Gasteiger partial charge in [0.05, 0.1) is 5.56 Å². The first-order valence-electron chi connectivity index (χ1n) is 9.71. The Morgan fingerprint density at radius 2 is 1.59 bits per heavy atom. The van der Waals surface area contributed by atoms with Crippen molar-refractivity contribution in [1.82, 2.24) is 5.32 Å². The zero-order valence-corrected chi connectivity index (χ0v) is 16.0. The topological polar surface area (TPSA) is 67.8 Å². The number of hydrogen-bond donors (Lipinski definition) is 2. The lowest BCUT2D eigenvalue weighted by molar-refractivity contribution is -0.0378. The van der Waals surface area contributed by atoms with Crippen LogP contribution < -0.4 is 10.1 Å². The van der Waals surface area contributed by atoms with Gasteiger partial charge in [0.2, 0.25) is 0 Å². The van der Waals surface area contributed by atoms with Gasteiger partial charge in [0, 0.05) is 18.9 Å². The third kappa shape index (κ3) is 4.41. The second-order valence-electron chi connectivity index (χ2n) is 7.12. The molecule has 0 radical (unpaired) electrons. The number of nitrogens with one attached hydrogen (secondary N) is 1. The van der Waals surface area contributed by atoms with Crippen LogP contribution >= 0.6 is 0 Å². The van der Waals surface area contributed by atoms with E-state index in [2.05, 4.69) is 5.32 Å². The van der Waals surface area contributed by atoms with E-state index in [1.165, 1.54) is 6.07 Å². The van der Waals surface area contributed by atoms with Crippen LogP contribution in [0.5, 0.6) is 17.2 Å². The number of rotatable bonds is 5. The Morgan fingerprint density at radius 1 is 0.862 bits per heavy atom. The van der Waals surface area contributed by atoms with Crippen molar-refractivity contribution in [1.29, 1.82) is 0 Å². The van der Waals surface area contributed by atoms with Crippen LogP contribution in [0.1, 0.15) is 28.8 Å². The Kier molecular flexibility index (Phi) is 5.49. The van der Waals surface area contributed by atoms with Crippen molar-refractivity contribution in [2.24, 2.45) is 0 Å². The van der Waals surface area contributed by atoms with Crippen LogP contribution in [-0.4, -0.2) is 24.2 Å². The maximum Gasteiger partial charge on any atom is 0.339 e. The van der Waals surface area contributed by atoms with Gasteiger partial charge in [-0.1, -0.05) is 36.4 Å². The van der Waals surface area contributed by atoms with Crippen LogP contribution in [0.15, 0.2) is 78.9 Å². The fourth-order valence-electron chi connectivity index (χ4n) is 3.60. The van der Waals surface area contributed by atoms with E-state index >= 15 is 0 Å². The van der Waals surface area contributed by atoms with E-state index < -0.39 is 5.60 Å². The van der Waals surface area contributed by atoms with Crippen LogP contribution in [0.25, 0.3) is 0 Å². The third-order valence-corrected chi connectivity index (χ3v) is 5.14. The standard InChI is InChI=1S/C24H23NO4/c26-20-7-4-8-22(17-20)28-21-11-9-18(10-12-21)23(27)29-24(13-15-25-16-14-24)19-5-2-1-3-6-19/h1-12,17,25-26H,13-16H2. The molecule has 5 heteroatoms. The van der Waals surface area contributed by atoms with E-state index in [9.17, 15) is 9.90 Å². The van der Waals surface area contributed by atoms with Crippen molar-refractivity contribution in [3.05, 3.63) is 90.0 Å². The molecule has 1 fully saturated rings. The lowest BCUT2D eigenvalue weighted by Gasteiger charge is -2.37. The smallest absolute Gasteiger partial charge is 0.339 e. The summed E-state index contributed by atoms with van der Waals surface area (Å²) in [4.78, 5) is 12.9. The minimum Gasteiger partial charge on any atom is -0.508 e. The molecule has 5 nitrogen and oxygen atoms in total. The molecule has 0 atom stereocenters. The van der Waals surface area contributed by atoms with E-state index in [4.69, 9.17) is 9.47 Å². The molecular weight excluding hydrogens is 366 g/mol. The number of hydrogen-bond acceptors (Lipinski definition) is 5. The number of carbonyl (C=O) groups is 1. The second kappa shape index (κ2) is 8.37. The Labute approximate surface area is 169 Å². The summed E-state index contributed by atoms with van der Waals surface area (Å²) in [5.41, 5.74) is 0.890.